The summed E-state index contributed by atoms with van der Waals surface area (Å²) in [6.07, 6.45) is 3.70. The number of hydrogen-bond donors (Lipinski definition) is 1. The third-order valence-electron chi connectivity index (χ3n) is 2.72. The summed E-state index contributed by atoms with van der Waals surface area (Å²) in [5.41, 5.74) is 0. The van der Waals surface area contributed by atoms with E-state index in [-0.39, 0.29) is 11.9 Å². The molecule has 8 heteroatoms. The first-order chi connectivity index (χ1) is 9.59. The summed E-state index contributed by atoms with van der Waals surface area (Å²) < 4.78 is 6.93. The predicted octanol–water partition coefficient (Wildman–Crippen LogP) is 2.92. The molecular weight excluding hydrogens is 280 g/mol. The molecule has 7 nitrogen and oxygen atoms in total. The molecule has 0 amide bonds. The first-order valence-electron chi connectivity index (χ1n) is 6.55. The van der Waals surface area contributed by atoms with Crippen molar-refractivity contribution in [2.45, 2.75) is 32.8 Å². The maximum atomic E-state index is 11.1. The lowest BCUT2D eigenvalue weighted by Crippen LogP contribution is -2.08. The van der Waals surface area contributed by atoms with Gasteiger partial charge in [0.2, 0.25) is 5.82 Å². The van der Waals surface area contributed by atoms with Gasteiger partial charge in [0.15, 0.2) is 0 Å². The van der Waals surface area contributed by atoms with Crippen LogP contribution in [0.15, 0.2) is 11.6 Å². The van der Waals surface area contributed by atoms with Crippen LogP contribution in [0.5, 0.6) is 0 Å². The fourth-order valence-corrected chi connectivity index (χ4v) is 2.53. The highest BCUT2D eigenvalue weighted by atomic mass is 32.1. The van der Waals surface area contributed by atoms with Gasteiger partial charge in [0.1, 0.15) is 6.20 Å². The van der Waals surface area contributed by atoms with Crippen molar-refractivity contribution < 1.29 is 9.66 Å². The fraction of sp³-hybridized carbons (Fsp3) is 0.583. The molecule has 0 aromatic carbocycles. The lowest BCUT2D eigenvalue weighted by Gasteiger charge is -2.07. The molecule has 0 saturated carbocycles. The molecule has 0 saturated heterocycles. The highest BCUT2D eigenvalue weighted by Gasteiger charge is 2.22. The van der Waals surface area contributed by atoms with Crippen LogP contribution < -0.4 is 5.32 Å². The molecule has 0 radical (unpaired) electrons. The molecule has 0 bridgehead atoms. The zero-order valence-electron chi connectivity index (χ0n) is 11.5. The maximum Gasteiger partial charge on any atom is 0.372 e. The van der Waals surface area contributed by atoms with E-state index in [9.17, 15) is 10.1 Å². The number of unbranched alkanes of at least 4 members (excludes halogenated alkanes) is 1. The van der Waals surface area contributed by atoms with Crippen molar-refractivity contribution in [3.8, 4) is 0 Å². The second kappa shape index (κ2) is 6.67. The molecule has 0 aliphatic rings. The van der Waals surface area contributed by atoms with E-state index in [2.05, 4.69) is 10.3 Å². The third kappa shape index (κ3) is 3.45. The molecule has 2 rings (SSSR count). The second-order valence-electron chi connectivity index (χ2n) is 4.65. The van der Waals surface area contributed by atoms with Gasteiger partial charge in [-0.05, 0) is 31.6 Å². The number of ether oxygens (including phenoxy) is 1. The molecular formula is C12H18N4O3S. The number of imidazole rings is 1. The van der Waals surface area contributed by atoms with Gasteiger partial charge in [-0.15, -0.1) is 0 Å². The Kier molecular flexibility index (Phi) is 4.91. The number of anilines is 1. The number of nitrogens with one attached hydrogen (secondary N) is 1. The van der Waals surface area contributed by atoms with Crippen LogP contribution in [0.1, 0.15) is 26.7 Å². The van der Waals surface area contributed by atoms with E-state index in [1.54, 1.807) is 11.6 Å². The van der Waals surface area contributed by atoms with E-state index in [0.717, 1.165) is 12.8 Å². The van der Waals surface area contributed by atoms with E-state index in [1.165, 1.54) is 15.7 Å². The summed E-state index contributed by atoms with van der Waals surface area (Å²) in [4.78, 5) is 15.6. The van der Waals surface area contributed by atoms with Gasteiger partial charge in [-0.3, -0.25) is 0 Å². The number of nitrogens with zero attached hydrogens (tertiary/aromatic N) is 3. The van der Waals surface area contributed by atoms with Crippen molar-refractivity contribution in [1.29, 1.82) is 0 Å². The van der Waals surface area contributed by atoms with Crippen molar-refractivity contribution in [2.24, 2.45) is 0 Å². The molecule has 0 aliphatic heterocycles. The number of thiazole rings is 1. The number of fused-ring (bicyclic) bond motifs is 1. The third-order valence-corrected chi connectivity index (χ3v) is 3.48. The largest absolute Gasteiger partial charge is 0.379 e. The summed E-state index contributed by atoms with van der Waals surface area (Å²) in [5, 5.41) is 15.9. The Labute approximate surface area is 120 Å². The molecule has 0 aliphatic carbocycles. The number of hydrogen-bond acceptors (Lipinski definition) is 6. The molecule has 1 N–H and O–H groups in total. The first-order valence-corrected chi connectivity index (χ1v) is 7.43. The van der Waals surface area contributed by atoms with E-state index in [4.69, 9.17) is 4.74 Å². The van der Waals surface area contributed by atoms with Gasteiger partial charge >= 0.3 is 5.82 Å². The normalized spacial score (nSPS) is 11.3. The fourth-order valence-electron chi connectivity index (χ4n) is 1.82. The molecule has 0 spiro atoms. The topological polar surface area (TPSA) is 81.7 Å². The van der Waals surface area contributed by atoms with Crippen LogP contribution in [-0.4, -0.2) is 33.6 Å². The van der Waals surface area contributed by atoms with Crippen molar-refractivity contribution in [2.75, 3.05) is 18.5 Å². The van der Waals surface area contributed by atoms with Gasteiger partial charge < -0.3 is 20.2 Å². The smallest absolute Gasteiger partial charge is 0.372 e. The zero-order chi connectivity index (χ0) is 14.5. The molecule has 2 aromatic heterocycles. The first kappa shape index (κ1) is 14.7. The molecule has 0 fully saturated rings. The quantitative estimate of drug-likeness (QED) is 0.460. The Morgan fingerprint density at radius 1 is 1.55 bits per heavy atom. The minimum Gasteiger partial charge on any atom is -0.379 e. The van der Waals surface area contributed by atoms with Gasteiger partial charge in [-0.2, -0.15) is 9.38 Å². The number of rotatable bonds is 8. The number of nitro groups is 1. The average molecular weight is 298 g/mol. The van der Waals surface area contributed by atoms with Crippen LogP contribution in [-0.2, 0) is 4.74 Å². The van der Waals surface area contributed by atoms with Crippen LogP contribution in [0.3, 0.4) is 0 Å². The van der Waals surface area contributed by atoms with Crippen molar-refractivity contribution in [3.05, 3.63) is 21.7 Å². The molecule has 2 heterocycles. The molecule has 110 valence electrons. The van der Waals surface area contributed by atoms with Crippen molar-refractivity contribution in [3.63, 3.8) is 0 Å². The Balaban J connectivity index is 1.88. The van der Waals surface area contributed by atoms with Crippen LogP contribution >= 0.6 is 11.3 Å². The lowest BCUT2D eigenvalue weighted by molar-refractivity contribution is -0.389. The van der Waals surface area contributed by atoms with Crippen LogP contribution in [0.2, 0.25) is 0 Å². The molecule has 2 aromatic rings. The average Bonchev–Trinajstić information content (AvgIpc) is 2.92. The van der Waals surface area contributed by atoms with Crippen molar-refractivity contribution in [1.82, 2.24) is 9.38 Å². The monoisotopic (exact) mass is 298 g/mol. The van der Waals surface area contributed by atoms with Crippen molar-refractivity contribution >= 4 is 27.9 Å². The van der Waals surface area contributed by atoms with E-state index >= 15 is 0 Å². The Bertz CT molecular complexity index is 578. The highest BCUT2D eigenvalue weighted by Crippen LogP contribution is 2.27. The van der Waals surface area contributed by atoms with E-state index in [1.807, 2.05) is 13.8 Å². The van der Waals surface area contributed by atoms with Gasteiger partial charge in [0.25, 0.3) is 4.96 Å². The minimum atomic E-state index is -0.406. The summed E-state index contributed by atoms with van der Waals surface area (Å²) in [5.74, 6) is 0.339. The SMILES string of the molecule is CC(C)OCCCCNc1nc2sccn2c1[N+](=O)[O-]. The summed E-state index contributed by atoms with van der Waals surface area (Å²) >= 11 is 1.38. The molecule has 0 unspecified atom stereocenters. The van der Waals surface area contributed by atoms with Crippen LogP contribution in [0, 0.1) is 10.1 Å². The minimum absolute atomic E-state index is 0.000296. The maximum absolute atomic E-state index is 11.1. The molecule has 0 atom stereocenters. The second-order valence-corrected chi connectivity index (χ2v) is 5.52. The summed E-state index contributed by atoms with van der Waals surface area (Å²) in [6, 6.07) is 0. The van der Waals surface area contributed by atoms with Crippen LogP contribution in [0.4, 0.5) is 11.6 Å². The lowest BCUT2D eigenvalue weighted by atomic mass is 10.3. The van der Waals surface area contributed by atoms with E-state index < -0.39 is 4.92 Å². The highest BCUT2D eigenvalue weighted by molar-refractivity contribution is 7.15. The van der Waals surface area contributed by atoms with Crippen LogP contribution in [0.25, 0.3) is 4.96 Å². The van der Waals surface area contributed by atoms with Gasteiger partial charge in [-0.25, -0.2) is 0 Å². The summed E-state index contributed by atoms with van der Waals surface area (Å²) in [6.45, 7) is 5.35. The Hall–Kier alpha value is -1.67. The van der Waals surface area contributed by atoms with E-state index in [0.29, 0.717) is 23.9 Å². The van der Waals surface area contributed by atoms with Gasteiger partial charge in [0, 0.05) is 18.5 Å². The predicted molar refractivity (Wildman–Crippen MR) is 78.5 cm³/mol. The zero-order valence-corrected chi connectivity index (χ0v) is 12.4. The summed E-state index contributed by atoms with van der Waals surface area (Å²) in [7, 11) is 0. The van der Waals surface area contributed by atoms with Gasteiger partial charge in [-0.1, -0.05) is 11.3 Å². The molecule has 20 heavy (non-hydrogen) atoms. The Morgan fingerprint density at radius 2 is 2.35 bits per heavy atom. The van der Waals surface area contributed by atoms with Gasteiger partial charge in [0.05, 0.1) is 6.10 Å². The Morgan fingerprint density at radius 3 is 3.05 bits per heavy atom. The standard InChI is InChI=1S/C12H18N4O3S/c1-9(2)19-7-4-3-5-13-10-11(16(17)18)15-6-8-20-12(15)14-10/h6,8-9,13H,3-5,7H2,1-2H3. The number of aromatic nitrogens is 2.